The largest absolute Gasteiger partial charge is 0.490 e. The fourth-order valence-corrected chi connectivity index (χ4v) is 4.80. The van der Waals surface area contributed by atoms with E-state index in [1.807, 2.05) is 26.0 Å². The summed E-state index contributed by atoms with van der Waals surface area (Å²) in [6.45, 7) is 4.05. The Bertz CT molecular complexity index is 1350. The summed E-state index contributed by atoms with van der Waals surface area (Å²) in [5.74, 6) is -0.369. The SMILES string of the molecule is CCOc1cc(/C=C2\SC(=O)N(Cc3c(Cl)cccc3Cl)C2=O)ccc1OC(=O)c1ccc(C)cc1. The smallest absolute Gasteiger partial charge is 0.343 e. The molecule has 3 aromatic carbocycles. The number of benzene rings is 3. The number of rotatable bonds is 7. The van der Waals surface area contributed by atoms with Gasteiger partial charge in [0.25, 0.3) is 11.1 Å². The number of carbonyl (C=O) groups is 3. The number of hydrogen-bond acceptors (Lipinski definition) is 6. The van der Waals surface area contributed by atoms with Gasteiger partial charge in [0.1, 0.15) is 0 Å². The Morgan fingerprint density at radius 3 is 2.36 bits per heavy atom. The Labute approximate surface area is 222 Å². The second-order valence-electron chi connectivity index (χ2n) is 7.86. The number of thioether (sulfide) groups is 1. The zero-order chi connectivity index (χ0) is 25.8. The van der Waals surface area contributed by atoms with Crippen molar-refractivity contribution in [3.63, 3.8) is 0 Å². The van der Waals surface area contributed by atoms with E-state index in [1.165, 1.54) is 0 Å². The first-order valence-electron chi connectivity index (χ1n) is 11.0. The molecule has 6 nitrogen and oxygen atoms in total. The number of amides is 2. The summed E-state index contributed by atoms with van der Waals surface area (Å²) in [5.41, 5.74) is 2.56. The first-order chi connectivity index (χ1) is 17.3. The molecule has 3 aromatic rings. The van der Waals surface area contributed by atoms with Crippen molar-refractivity contribution in [1.82, 2.24) is 4.90 Å². The first-order valence-corrected chi connectivity index (χ1v) is 12.6. The molecule has 0 bridgehead atoms. The second kappa shape index (κ2) is 11.2. The van der Waals surface area contributed by atoms with E-state index in [9.17, 15) is 14.4 Å². The lowest BCUT2D eigenvalue weighted by molar-refractivity contribution is -0.123. The Balaban J connectivity index is 1.55. The van der Waals surface area contributed by atoms with Crippen LogP contribution in [0, 0.1) is 6.92 Å². The number of carbonyl (C=O) groups excluding carboxylic acids is 3. The molecule has 0 N–H and O–H groups in total. The zero-order valence-corrected chi connectivity index (χ0v) is 21.7. The first kappa shape index (κ1) is 25.8. The van der Waals surface area contributed by atoms with Gasteiger partial charge in [-0.05, 0) is 73.6 Å². The van der Waals surface area contributed by atoms with E-state index in [2.05, 4.69) is 0 Å². The lowest BCUT2D eigenvalue weighted by atomic mass is 10.1. The van der Waals surface area contributed by atoms with E-state index in [1.54, 1.807) is 54.6 Å². The van der Waals surface area contributed by atoms with Crippen molar-refractivity contribution in [3.05, 3.63) is 97.9 Å². The minimum atomic E-state index is -0.511. The molecule has 4 rings (SSSR count). The van der Waals surface area contributed by atoms with Gasteiger partial charge in [-0.2, -0.15) is 0 Å². The van der Waals surface area contributed by atoms with Crippen molar-refractivity contribution in [1.29, 1.82) is 0 Å². The molecular formula is C27H21Cl2NO5S. The lowest BCUT2D eigenvalue weighted by Crippen LogP contribution is -2.27. The van der Waals surface area contributed by atoms with Crippen LogP contribution in [0.25, 0.3) is 6.08 Å². The second-order valence-corrected chi connectivity index (χ2v) is 9.67. The summed E-state index contributed by atoms with van der Waals surface area (Å²) in [7, 11) is 0. The number of ether oxygens (including phenoxy) is 2. The van der Waals surface area contributed by atoms with Gasteiger partial charge in [0, 0.05) is 15.6 Å². The number of halogens is 2. The summed E-state index contributed by atoms with van der Waals surface area (Å²) in [6, 6.07) is 17.0. The monoisotopic (exact) mass is 541 g/mol. The third kappa shape index (κ3) is 5.75. The number of imide groups is 1. The van der Waals surface area contributed by atoms with E-state index >= 15 is 0 Å². The van der Waals surface area contributed by atoms with Crippen LogP contribution in [-0.2, 0) is 11.3 Å². The number of hydrogen-bond donors (Lipinski definition) is 0. The summed E-state index contributed by atoms with van der Waals surface area (Å²) in [4.78, 5) is 39.5. The molecule has 0 saturated carbocycles. The highest BCUT2D eigenvalue weighted by atomic mass is 35.5. The van der Waals surface area contributed by atoms with E-state index < -0.39 is 17.1 Å². The molecule has 2 amide bonds. The van der Waals surface area contributed by atoms with Crippen molar-refractivity contribution in [2.75, 3.05) is 6.61 Å². The average molecular weight is 542 g/mol. The highest BCUT2D eigenvalue weighted by Crippen LogP contribution is 2.37. The highest BCUT2D eigenvalue weighted by molar-refractivity contribution is 8.18. The van der Waals surface area contributed by atoms with Crippen molar-refractivity contribution < 1.29 is 23.9 Å². The number of aryl methyl sites for hydroxylation is 1. The molecule has 0 aliphatic carbocycles. The Kier molecular flexibility index (Phi) is 8.04. The fourth-order valence-electron chi connectivity index (χ4n) is 3.44. The quantitative estimate of drug-likeness (QED) is 0.179. The molecular weight excluding hydrogens is 521 g/mol. The molecule has 0 aromatic heterocycles. The van der Waals surface area contributed by atoms with Gasteiger partial charge in [0.15, 0.2) is 11.5 Å². The zero-order valence-electron chi connectivity index (χ0n) is 19.4. The maximum absolute atomic E-state index is 13.0. The van der Waals surface area contributed by atoms with Gasteiger partial charge < -0.3 is 9.47 Å². The van der Waals surface area contributed by atoms with Crippen LogP contribution in [0.3, 0.4) is 0 Å². The van der Waals surface area contributed by atoms with Crippen molar-refractivity contribution in [2.45, 2.75) is 20.4 Å². The molecule has 1 aliphatic heterocycles. The molecule has 1 fully saturated rings. The summed E-state index contributed by atoms with van der Waals surface area (Å²) in [5, 5.41) is 0.334. The van der Waals surface area contributed by atoms with Gasteiger partial charge in [-0.1, -0.05) is 53.0 Å². The van der Waals surface area contributed by atoms with Crippen molar-refractivity contribution in [2.24, 2.45) is 0 Å². The van der Waals surface area contributed by atoms with E-state index in [0.717, 1.165) is 22.2 Å². The van der Waals surface area contributed by atoms with E-state index in [4.69, 9.17) is 32.7 Å². The molecule has 0 radical (unpaired) electrons. The molecule has 36 heavy (non-hydrogen) atoms. The third-order valence-electron chi connectivity index (χ3n) is 5.31. The molecule has 1 aliphatic rings. The van der Waals surface area contributed by atoms with Crippen molar-refractivity contribution in [3.8, 4) is 11.5 Å². The van der Waals surface area contributed by atoms with Crippen LogP contribution < -0.4 is 9.47 Å². The van der Waals surface area contributed by atoms with Gasteiger partial charge in [0.05, 0.1) is 23.6 Å². The van der Waals surface area contributed by atoms with Crippen LogP contribution in [-0.4, -0.2) is 28.6 Å². The molecule has 0 atom stereocenters. The highest BCUT2D eigenvalue weighted by Gasteiger charge is 2.35. The van der Waals surface area contributed by atoms with Crippen LogP contribution in [0.1, 0.15) is 34.0 Å². The standard InChI is InChI=1S/C27H21Cl2NO5S/c1-3-34-23-13-17(9-12-22(23)35-26(32)18-10-7-16(2)8-11-18)14-24-25(31)30(27(33)36-24)15-19-20(28)5-4-6-21(19)29/h4-14H,3,15H2,1-2H3/b24-14-. The maximum Gasteiger partial charge on any atom is 0.343 e. The molecule has 0 unspecified atom stereocenters. The Morgan fingerprint density at radius 2 is 1.69 bits per heavy atom. The van der Waals surface area contributed by atoms with E-state index in [-0.39, 0.29) is 17.2 Å². The number of nitrogens with zero attached hydrogens (tertiary/aromatic N) is 1. The van der Waals surface area contributed by atoms with Crippen LogP contribution in [0.2, 0.25) is 10.0 Å². The average Bonchev–Trinajstić information content (AvgIpc) is 3.10. The number of esters is 1. The third-order valence-corrected chi connectivity index (χ3v) is 6.92. The Hall–Kier alpha value is -3.26. The van der Waals surface area contributed by atoms with Crippen LogP contribution in [0.5, 0.6) is 11.5 Å². The molecule has 0 spiro atoms. The van der Waals surface area contributed by atoms with Gasteiger partial charge in [-0.15, -0.1) is 0 Å². The maximum atomic E-state index is 13.0. The van der Waals surface area contributed by atoms with E-state index in [0.29, 0.717) is 39.1 Å². The minimum absolute atomic E-state index is 0.0292. The van der Waals surface area contributed by atoms with Crippen LogP contribution in [0.15, 0.2) is 65.6 Å². The predicted octanol–water partition coefficient (Wildman–Crippen LogP) is 7.16. The molecule has 184 valence electrons. The minimum Gasteiger partial charge on any atom is -0.490 e. The summed E-state index contributed by atoms with van der Waals surface area (Å²) < 4.78 is 11.2. The lowest BCUT2D eigenvalue weighted by Gasteiger charge is -2.14. The predicted molar refractivity (Wildman–Crippen MR) is 142 cm³/mol. The van der Waals surface area contributed by atoms with Crippen LogP contribution in [0.4, 0.5) is 4.79 Å². The van der Waals surface area contributed by atoms with Gasteiger partial charge in [0.2, 0.25) is 0 Å². The van der Waals surface area contributed by atoms with Crippen LogP contribution >= 0.6 is 35.0 Å². The Morgan fingerprint density at radius 1 is 1.00 bits per heavy atom. The van der Waals surface area contributed by atoms with Gasteiger partial charge >= 0.3 is 5.97 Å². The topological polar surface area (TPSA) is 72.9 Å². The molecule has 1 saturated heterocycles. The van der Waals surface area contributed by atoms with Gasteiger partial charge in [-0.3, -0.25) is 14.5 Å². The summed E-state index contributed by atoms with van der Waals surface area (Å²) in [6.07, 6.45) is 1.59. The molecule has 9 heteroatoms. The summed E-state index contributed by atoms with van der Waals surface area (Å²) >= 11 is 13.2. The molecule has 1 heterocycles. The van der Waals surface area contributed by atoms with Gasteiger partial charge in [-0.25, -0.2) is 4.79 Å². The normalized spacial score (nSPS) is 14.4. The van der Waals surface area contributed by atoms with Crippen molar-refractivity contribution >= 4 is 58.2 Å². The fraction of sp³-hybridized carbons (Fsp3) is 0.148.